The Balaban J connectivity index is 1.80. The van der Waals surface area contributed by atoms with Crippen LogP contribution in [0.25, 0.3) is 0 Å². The molecule has 28 heavy (non-hydrogen) atoms. The van der Waals surface area contributed by atoms with Gasteiger partial charge in [-0.05, 0) is 62.7 Å². The van der Waals surface area contributed by atoms with E-state index in [-0.39, 0.29) is 5.92 Å². The van der Waals surface area contributed by atoms with Gasteiger partial charge in [-0.25, -0.2) is 4.79 Å². The molecule has 0 radical (unpaired) electrons. The number of rotatable bonds is 3. The molecule has 6 bridgehead atoms. The average molecular weight is 387 g/mol. The molecule has 1 aliphatic heterocycles. The van der Waals surface area contributed by atoms with Crippen molar-refractivity contribution in [3.05, 3.63) is 35.1 Å². The van der Waals surface area contributed by atoms with Gasteiger partial charge in [-0.2, -0.15) is 0 Å². The van der Waals surface area contributed by atoms with Crippen LogP contribution in [0, 0.1) is 5.92 Å². The van der Waals surface area contributed by atoms with Gasteiger partial charge in [0.25, 0.3) is 0 Å². The number of methoxy groups -OCH3 is 1. The first-order chi connectivity index (χ1) is 13.4. The lowest BCUT2D eigenvalue weighted by Crippen LogP contribution is -2.46. The normalized spacial score (nSPS) is 29.8. The van der Waals surface area contributed by atoms with E-state index in [1.165, 1.54) is 5.56 Å². The van der Waals surface area contributed by atoms with E-state index in [0.29, 0.717) is 30.1 Å². The Hall–Kier alpha value is -2.05. The van der Waals surface area contributed by atoms with Gasteiger partial charge in [-0.3, -0.25) is 0 Å². The second kappa shape index (κ2) is 7.41. The van der Waals surface area contributed by atoms with Gasteiger partial charge in [0.1, 0.15) is 11.8 Å². The number of hydrogen-bond donors (Lipinski definition) is 2. The van der Waals surface area contributed by atoms with Crippen LogP contribution in [0.2, 0.25) is 0 Å². The maximum Gasteiger partial charge on any atom is 0.327 e. The van der Waals surface area contributed by atoms with Crippen molar-refractivity contribution >= 4 is 5.97 Å². The van der Waals surface area contributed by atoms with Gasteiger partial charge >= 0.3 is 5.97 Å². The molecule has 0 saturated heterocycles. The third-order valence-electron chi connectivity index (χ3n) is 6.36. The minimum atomic E-state index is -0.885. The van der Waals surface area contributed by atoms with Crippen LogP contribution in [0.1, 0.15) is 50.2 Å². The maximum absolute atomic E-state index is 12.1. The molecule has 4 atom stereocenters. The Morgan fingerprint density at radius 1 is 1.39 bits per heavy atom. The summed E-state index contributed by atoms with van der Waals surface area (Å²) >= 11 is 0. The van der Waals surface area contributed by atoms with Crippen LogP contribution in [0.4, 0.5) is 0 Å². The quantitative estimate of drug-likeness (QED) is 0.775. The monoisotopic (exact) mass is 387 g/mol. The Bertz CT molecular complexity index is 802. The van der Waals surface area contributed by atoms with E-state index in [1.807, 2.05) is 6.07 Å². The second-order valence-electron chi connectivity index (χ2n) is 8.32. The fourth-order valence-electron chi connectivity index (χ4n) is 4.73. The van der Waals surface area contributed by atoms with Crippen molar-refractivity contribution in [3.8, 4) is 11.5 Å². The number of nitrogens with two attached hydrogens (primary N) is 1. The second-order valence-corrected chi connectivity index (χ2v) is 8.32. The van der Waals surface area contributed by atoms with Crippen molar-refractivity contribution in [1.29, 1.82) is 0 Å². The average Bonchev–Trinajstić information content (AvgIpc) is 2.65. The highest BCUT2D eigenvalue weighted by atomic mass is 16.6. The van der Waals surface area contributed by atoms with Crippen molar-refractivity contribution < 1.29 is 24.1 Å². The highest BCUT2D eigenvalue weighted by Crippen LogP contribution is 2.47. The van der Waals surface area contributed by atoms with Gasteiger partial charge in [0.2, 0.25) is 0 Å². The van der Waals surface area contributed by atoms with E-state index in [2.05, 4.69) is 6.07 Å². The number of fused-ring (bicyclic) bond motifs is 4. The highest BCUT2D eigenvalue weighted by Gasteiger charge is 2.45. The van der Waals surface area contributed by atoms with Crippen LogP contribution in [0.3, 0.4) is 0 Å². The molecule has 1 aromatic rings. The number of benzene rings is 1. The Morgan fingerprint density at radius 2 is 2.21 bits per heavy atom. The van der Waals surface area contributed by atoms with Crippen LogP contribution in [0.15, 0.2) is 24.0 Å². The molecule has 3 N–H and O–H groups in total. The summed E-state index contributed by atoms with van der Waals surface area (Å²) in [5.74, 6) is 1.45. The van der Waals surface area contributed by atoms with Crippen molar-refractivity contribution in [1.82, 2.24) is 0 Å². The SMILES string of the molecule is COc1ccc2c3c1O[C@@H]1C[C@@](O)(CC=C1OC(=O)[C@H](C)N)[C@H](CCCC3)C2. The van der Waals surface area contributed by atoms with Crippen LogP contribution < -0.4 is 15.2 Å². The summed E-state index contributed by atoms with van der Waals surface area (Å²) < 4.78 is 17.5. The fourth-order valence-corrected chi connectivity index (χ4v) is 4.73. The van der Waals surface area contributed by atoms with Crippen LogP contribution in [-0.4, -0.2) is 35.9 Å². The number of aliphatic hydroxyl groups is 1. The molecule has 4 rings (SSSR count). The molecule has 0 unspecified atom stereocenters. The Kier molecular flexibility index (Phi) is 5.10. The molecule has 0 spiro atoms. The van der Waals surface area contributed by atoms with Crippen molar-refractivity contribution in [2.45, 2.75) is 69.6 Å². The topological polar surface area (TPSA) is 91.0 Å². The standard InChI is InChI=1S/C22H29NO5/c1-13(23)21(24)28-17-9-10-22(25)12-19(17)27-20-16-6-4-3-5-15(22)11-14(16)7-8-18(20)26-2/h7-9,13,15,19,25H,3-6,10-12,23H2,1-2H3/t13-,15+,19+,22-/m0/s1. The third kappa shape index (κ3) is 3.40. The molecular weight excluding hydrogens is 358 g/mol. The molecule has 152 valence electrons. The first-order valence-corrected chi connectivity index (χ1v) is 10.2. The molecule has 6 nitrogen and oxygen atoms in total. The summed E-state index contributed by atoms with van der Waals surface area (Å²) in [7, 11) is 1.63. The Morgan fingerprint density at radius 3 is 2.96 bits per heavy atom. The first-order valence-electron chi connectivity index (χ1n) is 10.2. The molecule has 0 aromatic heterocycles. The van der Waals surface area contributed by atoms with E-state index >= 15 is 0 Å². The van der Waals surface area contributed by atoms with Crippen molar-refractivity contribution in [2.75, 3.05) is 7.11 Å². The van der Waals surface area contributed by atoms with E-state index in [0.717, 1.165) is 37.7 Å². The molecule has 1 aromatic carbocycles. The van der Waals surface area contributed by atoms with Gasteiger partial charge in [0.15, 0.2) is 17.6 Å². The van der Waals surface area contributed by atoms with Gasteiger partial charge in [-0.1, -0.05) is 12.5 Å². The summed E-state index contributed by atoms with van der Waals surface area (Å²) in [6, 6.07) is 3.31. The number of esters is 1. The van der Waals surface area contributed by atoms with E-state index in [1.54, 1.807) is 20.1 Å². The summed E-state index contributed by atoms with van der Waals surface area (Å²) in [4.78, 5) is 12.1. The molecule has 0 fully saturated rings. The Labute approximate surface area is 165 Å². The lowest BCUT2D eigenvalue weighted by Gasteiger charge is -2.41. The number of hydrogen-bond acceptors (Lipinski definition) is 6. The van der Waals surface area contributed by atoms with E-state index in [9.17, 15) is 9.90 Å². The van der Waals surface area contributed by atoms with Crippen LogP contribution in [0.5, 0.6) is 11.5 Å². The third-order valence-corrected chi connectivity index (χ3v) is 6.36. The van der Waals surface area contributed by atoms with Crippen LogP contribution >= 0.6 is 0 Å². The smallest absolute Gasteiger partial charge is 0.327 e. The molecule has 2 aliphatic carbocycles. The molecule has 6 heteroatoms. The molecule has 1 heterocycles. The van der Waals surface area contributed by atoms with Gasteiger partial charge in [0, 0.05) is 12.0 Å². The number of ether oxygens (including phenoxy) is 3. The van der Waals surface area contributed by atoms with Crippen molar-refractivity contribution in [2.24, 2.45) is 11.7 Å². The zero-order valence-electron chi connectivity index (χ0n) is 16.6. The van der Waals surface area contributed by atoms with Gasteiger partial charge in [0.05, 0.1) is 12.7 Å². The minimum Gasteiger partial charge on any atom is -0.493 e. The summed E-state index contributed by atoms with van der Waals surface area (Å²) in [6.07, 6.45) is 6.92. The predicted octanol–water partition coefficient (Wildman–Crippen LogP) is 2.64. The molecule has 3 aliphatic rings. The lowest BCUT2D eigenvalue weighted by molar-refractivity contribution is -0.143. The summed E-state index contributed by atoms with van der Waals surface area (Å²) in [6.45, 7) is 1.59. The zero-order valence-corrected chi connectivity index (χ0v) is 16.6. The lowest BCUT2D eigenvalue weighted by atomic mass is 9.71. The van der Waals surface area contributed by atoms with Crippen molar-refractivity contribution in [3.63, 3.8) is 0 Å². The van der Waals surface area contributed by atoms with Crippen LogP contribution in [-0.2, 0) is 22.4 Å². The first kappa shape index (κ1) is 19.3. The van der Waals surface area contributed by atoms with Gasteiger partial charge in [-0.15, -0.1) is 0 Å². The largest absolute Gasteiger partial charge is 0.493 e. The predicted molar refractivity (Wildman–Crippen MR) is 104 cm³/mol. The number of carbonyl (C=O) groups is 1. The molecule has 0 amide bonds. The highest BCUT2D eigenvalue weighted by molar-refractivity contribution is 5.76. The zero-order chi connectivity index (χ0) is 19.9. The minimum absolute atomic E-state index is 0.138. The van der Waals surface area contributed by atoms with Gasteiger partial charge < -0.3 is 25.1 Å². The van der Waals surface area contributed by atoms with E-state index in [4.69, 9.17) is 19.9 Å². The van der Waals surface area contributed by atoms with E-state index < -0.39 is 23.7 Å². The maximum atomic E-state index is 12.1. The molecule has 0 saturated carbocycles. The molecular formula is C22H29NO5. The fraction of sp³-hybridized carbons (Fsp3) is 0.591. The summed E-state index contributed by atoms with van der Waals surface area (Å²) in [5.41, 5.74) is 7.15. The summed E-state index contributed by atoms with van der Waals surface area (Å²) in [5, 5.41) is 11.6. The number of carbonyl (C=O) groups excluding carboxylic acids is 1.